The van der Waals surface area contributed by atoms with Crippen LogP contribution in [0.25, 0.3) is 11.3 Å². The summed E-state index contributed by atoms with van der Waals surface area (Å²) in [7, 11) is -3.33. The van der Waals surface area contributed by atoms with Gasteiger partial charge in [0.05, 0.1) is 11.9 Å². The average Bonchev–Trinajstić information content (AvgIpc) is 3.33. The maximum atomic E-state index is 12.4. The first-order valence-corrected chi connectivity index (χ1v) is 13.3. The molecule has 34 heavy (non-hydrogen) atoms. The first kappa shape index (κ1) is 24.1. The second-order valence-corrected chi connectivity index (χ2v) is 10.6. The van der Waals surface area contributed by atoms with Gasteiger partial charge < -0.3 is 15.7 Å². The van der Waals surface area contributed by atoms with Crippen LogP contribution in [0.5, 0.6) is 5.75 Å². The van der Waals surface area contributed by atoms with Gasteiger partial charge in [0, 0.05) is 37.4 Å². The quantitative estimate of drug-likeness (QED) is 0.409. The van der Waals surface area contributed by atoms with Crippen LogP contribution < -0.4 is 10.6 Å². The molecule has 0 radical (unpaired) electrons. The van der Waals surface area contributed by atoms with Crippen LogP contribution in [0, 0.1) is 0 Å². The Morgan fingerprint density at radius 3 is 2.71 bits per heavy atom. The molecule has 0 spiro atoms. The van der Waals surface area contributed by atoms with Crippen LogP contribution >= 0.6 is 0 Å². The number of phenols is 1. The van der Waals surface area contributed by atoms with Crippen molar-refractivity contribution in [1.82, 2.24) is 19.6 Å². The molecule has 4 rings (SSSR count). The number of phenolic OH excluding ortho intramolecular Hbond substituents is 1. The smallest absolute Gasteiger partial charge is 0.223 e. The van der Waals surface area contributed by atoms with Crippen LogP contribution in [0.2, 0.25) is 0 Å². The van der Waals surface area contributed by atoms with E-state index >= 15 is 0 Å². The maximum Gasteiger partial charge on any atom is 0.223 e. The zero-order chi connectivity index (χ0) is 24.0. The monoisotopic (exact) mass is 481 g/mol. The topological polar surface area (TPSA) is 107 Å². The van der Waals surface area contributed by atoms with Crippen molar-refractivity contribution in [3.8, 4) is 17.0 Å². The van der Waals surface area contributed by atoms with Crippen LogP contribution in [-0.4, -0.2) is 59.7 Å². The standard InChI is InChI=1S/C25H31N5O3S/c1-34(32,33)30(18-22-6-3-13-26-22)17-20-4-2-5-21(16-20)24-12-15-28-25(29-24)27-14-11-19-7-9-23(31)10-8-19/h2,4-5,7-10,12,15-16,22,26,31H,3,6,11,13-14,17-18H2,1H3,(H,27,28,29)/t22-/m0/s1. The first-order valence-electron chi connectivity index (χ1n) is 11.5. The Balaban J connectivity index is 1.42. The van der Waals surface area contributed by atoms with Crippen LogP contribution in [0.15, 0.2) is 60.8 Å². The molecule has 0 unspecified atom stereocenters. The predicted molar refractivity (Wildman–Crippen MR) is 134 cm³/mol. The average molecular weight is 482 g/mol. The van der Waals surface area contributed by atoms with Gasteiger partial charge in [0.15, 0.2) is 0 Å². The number of aromatic nitrogens is 2. The van der Waals surface area contributed by atoms with Crippen molar-refractivity contribution in [1.29, 1.82) is 0 Å². The molecule has 1 saturated heterocycles. The van der Waals surface area contributed by atoms with E-state index in [1.807, 2.05) is 42.5 Å². The minimum absolute atomic E-state index is 0.204. The zero-order valence-corrected chi connectivity index (χ0v) is 20.1. The first-order chi connectivity index (χ1) is 16.4. The van der Waals surface area contributed by atoms with Gasteiger partial charge in [-0.15, -0.1) is 0 Å². The second-order valence-electron chi connectivity index (χ2n) is 8.66. The lowest BCUT2D eigenvalue weighted by Crippen LogP contribution is -2.40. The number of rotatable bonds is 10. The number of nitrogens with one attached hydrogen (secondary N) is 2. The Hall–Kier alpha value is -3.01. The minimum atomic E-state index is -3.33. The van der Waals surface area contributed by atoms with Gasteiger partial charge in [0.1, 0.15) is 5.75 Å². The van der Waals surface area contributed by atoms with E-state index in [1.165, 1.54) is 6.26 Å². The van der Waals surface area contributed by atoms with E-state index in [4.69, 9.17) is 0 Å². The molecule has 2 heterocycles. The fourth-order valence-electron chi connectivity index (χ4n) is 4.09. The molecule has 0 saturated carbocycles. The van der Waals surface area contributed by atoms with Crippen molar-refractivity contribution in [2.45, 2.75) is 31.8 Å². The highest BCUT2D eigenvalue weighted by molar-refractivity contribution is 7.88. The fourth-order valence-corrected chi connectivity index (χ4v) is 4.93. The van der Waals surface area contributed by atoms with Crippen LogP contribution in [0.4, 0.5) is 5.95 Å². The highest BCUT2D eigenvalue weighted by Gasteiger charge is 2.24. The summed E-state index contributed by atoms with van der Waals surface area (Å²) in [6, 6.07) is 17.0. The maximum absolute atomic E-state index is 12.4. The fraction of sp³-hybridized carbons (Fsp3) is 0.360. The van der Waals surface area contributed by atoms with Gasteiger partial charge in [-0.2, -0.15) is 4.31 Å². The van der Waals surface area contributed by atoms with Crippen molar-refractivity contribution >= 4 is 16.0 Å². The van der Waals surface area contributed by atoms with Gasteiger partial charge in [0.2, 0.25) is 16.0 Å². The third-order valence-electron chi connectivity index (χ3n) is 5.93. The van der Waals surface area contributed by atoms with Crippen LogP contribution in [0.1, 0.15) is 24.0 Å². The molecule has 1 aliphatic rings. The van der Waals surface area contributed by atoms with Gasteiger partial charge in [-0.1, -0.05) is 30.3 Å². The van der Waals surface area contributed by atoms with Crippen molar-refractivity contribution in [3.05, 3.63) is 71.9 Å². The van der Waals surface area contributed by atoms with E-state index in [1.54, 1.807) is 22.6 Å². The molecule has 1 fully saturated rings. The minimum Gasteiger partial charge on any atom is -0.508 e. The van der Waals surface area contributed by atoms with Crippen LogP contribution in [-0.2, 0) is 23.0 Å². The molecular formula is C25H31N5O3S. The summed E-state index contributed by atoms with van der Waals surface area (Å²) in [6.45, 7) is 2.41. The second kappa shape index (κ2) is 10.9. The van der Waals surface area contributed by atoms with Gasteiger partial charge in [0.25, 0.3) is 0 Å². The highest BCUT2D eigenvalue weighted by Crippen LogP contribution is 2.21. The number of aromatic hydroxyl groups is 1. The van der Waals surface area contributed by atoms with E-state index in [2.05, 4.69) is 20.6 Å². The molecule has 0 bridgehead atoms. The third-order valence-corrected chi connectivity index (χ3v) is 7.14. The molecule has 1 aliphatic heterocycles. The van der Waals surface area contributed by atoms with E-state index in [0.717, 1.165) is 48.2 Å². The van der Waals surface area contributed by atoms with E-state index in [-0.39, 0.29) is 11.8 Å². The predicted octanol–water partition coefficient (Wildman–Crippen LogP) is 3.02. The summed E-state index contributed by atoms with van der Waals surface area (Å²) in [5, 5.41) is 16.0. The third kappa shape index (κ3) is 6.75. The number of hydrogen-bond acceptors (Lipinski definition) is 7. The summed E-state index contributed by atoms with van der Waals surface area (Å²) in [4.78, 5) is 8.95. The number of nitrogens with zero attached hydrogens (tertiary/aromatic N) is 3. The molecule has 0 amide bonds. The lowest BCUT2D eigenvalue weighted by atomic mass is 10.1. The van der Waals surface area contributed by atoms with E-state index in [9.17, 15) is 13.5 Å². The Labute approximate surface area is 201 Å². The number of hydrogen-bond donors (Lipinski definition) is 3. The van der Waals surface area contributed by atoms with Gasteiger partial charge in [-0.25, -0.2) is 18.4 Å². The highest BCUT2D eigenvalue weighted by atomic mass is 32.2. The van der Waals surface area contributed by atoms with Gasteiger partial charge in [-0.05, 0) is 61.2 Å². The summed E-state index contributed by atoms with van der Waals surface area (Å²) in [5.74, 6) is 0.789. The molecule has 8 nitrogen and oxygen atoms in total. The van der Waals surface area contributed by atoms with Gasteiger partial charge in [-0.3, -0.25) is 0 Å². The SMILES string of the molecule is CS(=O)(=O)N(Cc1cccc(-c2ccnc(NCCc3ccc(O)cc3)n2)c1)C[C@@H]1CCCN1. The lowest BCUT2D eigenvalue weighted by molar-refractivity contribution is 0.367. The summed E-state index contributed by atoms with van der Waals surface area (Å²) in [6.07, 6.45) is 5.84. The van der Waals surface area contributed by atoms with Crippen molar-refractivity contribution in [2.24, 2.45) is 0 Å². The van der Waals surface area contributed by atoms with Crippen molar-refractivity contribution < 1.29 is 13.5 Å². The Morgan fingerprint density at radius 2 is 1.97 bits per heavy atom. The summed E-state index contributed by atoms with van der Waals surface area (Å²) < 4.78 is 26.3. The van der Waals surface area contributed by atoms with E-state index < -0.39 is 10.0 Å². The number of sulfonamides is 1. The van der Waals surface area contributed by atoms with Crippen molar-refractivity contribution in [2.75, 3.05) is 31.2 Å². The molecular weight excluding hydrogens is 450 g/mol. The Morgan fingerprint density at radius 1 is 1.15 bits per heavy atom. The molecule has 2 aromatic carbocycles. The molecule has 9 heteroatoms. The summed E-state index contributed by atoms with van der Waals surface area (Å²) >= 11 is 0. The molecule has 1 aromatic heterocycles. The van der Waals surface area contributed by atoms with Crippen LogP contribution in [0.3, 0.4) is 0 Å². The molecule has 1 atom stereocenters. The normalized spacial score (nSPS) is 16.1. The Kier molecular flexibility index (Phi) is 7.77. The lowest BCUT2D eigenvalue weighted by Gasteiger charge is -2.23. The largest absolute Gasteiger partial charge is 0.508 e. The number of anilines is 1. The molecule has 0 aliphatic carbocycles. The van der Waals surface area contributed by atoms with Gasteiger partial charge >= 0.3 is 0 Å². The van der Waals surface area contributed by atoms with Crippen molar-refractivity contribution in [3.63, 3.8) is 0 Å². The molecule has 3 N–H and O–H groups in total. The Bertz CT molecular complexity index is 1200. The summed E-state index contributed by atoms with van der Waals surface area (Å²) in [5.41, 5.74) is 3.71. The molecule has 3 aromatic rings. The zero-order valence-electron chi connectivity index (χ0n) is 19.3. The number of benzene rings is 2. The molecule has 180 valence electrons. The van der Waals surface area contributed by atoms with E-state index in [0.29, 0.717) is 25.6 Å².